The van der Waals surface area contributed by atoms with E-state index in [-0.39, 0.29) is 31.0 Å². The maximum atomic E-state index is 12.9. The zero-order valence-corrected chi connectivity index (χ0v) is 11.1. The van der Waals surface area contributed by atoms with E-state index in [2.05, 4.69) is 5.32 Å². The third-order valence-electron chi connectivity index (χ3n) is 3.01. The summed E-state index contributed by atoms with van der Waals surface area (Å²) in [5.41, 5.74) is 4.44. The molecule has 0 saturated carbocycles. The number of hydrogen-bond donors (Lipinski definition) is 2. The fourth-order valence-electron chi connectivity index (χ4n) is 1.96. The number of hydrogen-bond acceptors (Lipinski definition) is 4. The molecule has 1 fully saturated rings. The lowest BCUT2D eigenvalue weighted by Gasteiger charge is -2.22. The van der Waals surface area contributed by atoms with Crippen LogP contribution in [-0.2, 0) is 27.0 Å². The summed E-state index contributed by atoms with van der Waals surface area (Å²) < 4.78 is 48.9. The molecule has 116 valence electrons. The van der Waals surface area contributed by atoms with Crippen LogP contribution in [0, 0.1) is 0 Å². The van der Waals surface area contributed by atoms with E-state index in [1.54, 1.807) is 0 Å². The number of anilines is 1. The zero-order chi connectivity index (χ0) is 15.5. The van der Waals surface area contributed by atoms with Gasteiger partial charge in [0.15, 0.2) is 6.10 Å². The first kappa shape index (κ1) is 15.7. The first-order chi connectivity index (χ1) is 9.91. The molecule has 0 radical (unpaired) electrons. The second-order valence-electron chi connectivity index (χ2n) is 4.50. The Kier molecular flexibility index (Phi) is 4.81. The average molecular weight is 304 g/mol. The Bertz CT molecular complexity index is 514. The van der Waals surface area contributed by atoms with Crippen LogP contribution >= 0.6 is 0 Å². The van der Waals surface area contributed by atoms with Gasteiger partial charge < -0.3 is 20.5 Å². The summed E-state index contributed by atoms with van der Waals surface area (Å²) >= 11 is 0. The predicted octanol–water partition coefficient (Wildman–Crippen LogP) is 1.52. The number of nitrogens with one attached hydrogen (secondary N) is 1. The average Bonchev–Trinajstić information content (AvgIpc) is 2.47. The van der Waals surface area contributed by atoms with Crippen LogP contribution in [0.2, 0.25) is 0 Å². The number of rotatable bonds is 3. The Morgan fingerprint density at radius 2 is 2.14 bits per heavy atom. The van der Waals surface area contributed by atoms with Crippen LogP contribution in [0.25, 0.3) is 0 Å². The van der Waals surface area contributed by atoms with Crippen LogP contribution in [0.4, 0.5) is 18.9 Å². The quantitative estimate of drug-likeness (QED) is 0.888. The molecule has 0 aromatic heterocycles. The Morgan fingerprint density at radius 3 is 2.71 bits per heavy atom. The van der Waals surface area contributed by atoms with E-state index in [4.69, 9.17) is 15.2 Å². The number of carbonyl (C=O) groups is 1. The minimum Gasteiger partial charge on any atom is -0.376 e. The SMILES string of the molecule is NCc1ccc(NC(=O)C2COCCO2)cc1C(F)(F)F. The summed E-state index contributed by atoms with van der Waals surface area (Å²) in [5, 5.41) is 2.39. The monoisotopic (exact) mass is 304 g/mol. The smallest absolute Gasteiger partial charge is 0.376 e. The van der Waals surface area contributed by atoms with Gasteiger partial charge in [0.05, 0.1) is 25.4 Å². The minimum atomic E-state index is -4.53. The molecule has 8 heteroatoms. The molecule has 1 unspecified atom stereocenters. The van der Waals surface area contributed by atoms with Gasteiger partial charge in [0.25, 0.3) is 5.91 Å². The summed E-state index contributed by atoms with van der Waals surface area (Å²) in [5.74, 6) is -0.539. The second kappa shape index (κ2) is 6.42. The van der Waals surface area contributed by atoms with E-state index in [1.807, 2.05) is 0 Å². The van der Waals surface area contributed by atoms with Crippen molar-refractivity contribution < 1.29 is 27.4 Å². The van der Waals surface area contributed by atoms with Gasteiger partial charge in [-0.05, 0) is 17.7 Å². The van der Waals surface area contributed by atoms with Gasteiger partial charge in [-0.1, -0.05) is 6.07 Å². The van der Waals surface area contributed by atoms with Crippen molar-refractivity contribution in [1.82, 2.24) is 0 Å². The number of benzene rings is 1. The van der Waals surface area contributed by atoms with E-state index < -0.39 is 23.8 Å². The van der Waals surface area contributed by atoms with E-state index in [9.17, 15) is 18.0 Å². The van der Waals surface area contributed by atoms with Crippen LogP contribution in [0.1, 0.15) is 11.1 Å². The Morgan fingerprint density at radius 1 is 1.38 bits per heavy atom. The molecule has 0 bridgehead atoms. The fraction of sp³-hybridized carbons (Fsp3) is 0.462. The molecule has 5 nitrogen and oxygen atoms in total. The number of carbonyl (C=O) groups excluding carboxylic acids is 1. The zero-order valence-electron chi connectivity index (χ0n) is 11.1. The number of amides is 1. The van der Waals surface area contributed by atoms with Crippen molar-refractivity contribution in [3.05, 3.63) is 29.3 Å². The maximum Gasteiger partial charge on any atom is 0.416 e. The standard InChI is InChI=1S/C13H15F3N2O3/c14-13(15,16)10-5-9(2-1-8(10)6-17)18-12(19)11-7-20-3-4-21-11/h1-2,5,11H,3-4,6-7,17H2,(H,18,19). The van der Waals surface area contributed by atoms with Crippen LogP contribution in [-0.4, -0.2) is 31.8 Å². The molecular weight excluding hydrogens is 289 g/mol. The molecule has 1 saturated heterocycles. The molecule has 1 heterocycles. The van der Waals surface area contributed by atoms with Crippen LogP contribution in [0.15, 0.2) is 18.2 Å². The van der Waals surface area contributed by atoms with Gasteiger partial charge in [-0.25, -0.2) is 0 Å². The topological polar surface area (TPSA) is 73.6 Å². The van der Waals surface area contributed by atoms with E-state index in [1.165, 1.54) is 12.1 Å². The van der Waals surface area contributed by atoms with Gasteiger partial charge >= 0.3 is 6.18 Å². The van der Waals surface area contributed by atoms with Gasteiger partial charge in [0, 0.05) is 12.2 Å². The lowest BCUT2D eigenvalue weighted by atomic mass is 10.1. The Balaban J connectivity index is 2.15. The first-order valence-corrected chi connectivity index (χ1v) is 6.32. The predicted molar refractivity (Wildman–Crippen MR) is 68.5 cm³/mol. The van der Waals surface area contributed by atoms with Crippen molar-refractivity contribution in [2.24, 2.45) is 5.73 Å². The Hall–Kier alpha value is -1.64. The lowest BCUT2D eigenvalue weighted by Crippen LogP contribution is -2.39. The Labute approximate surface area is 119 Å². The molecule has 3 N–H and O–H groups in total. The molecule has 2 rings (SSSR count). The highest BCUT2D eigenvalue weighted by atomic mass is 19.4. The van der Waals surface area contributed by atoms with E-state index >= 15 is 0 Å². The van der Waals surface area contributed by atoms with Gasteiger partial charge in [-0.2, -0.15) is 13.2 Å². The minimum absolute atomic E-state index is 0.0299. The van der Waals surface area contributed by atoms with Crippen molar-refractivity contribution in [2.75, 3.05) is 25.1 Å². The highest BCUT2D eigenvalue weighted by Gasteiger charge is 2.33. The number of ether oxygens (including phenoxy) is 2. The van der Waals surface area contributed by atoms with Crippen molar-refractivity contribution >= 4 is 11.6 Å². The van der Waals surface area contributed by atoms with Gasteiger partial charge in [0.2, 0.25) is 0 Å². The number of alkyl halides is 3. The van der Waals surface area contributed by atoms with Gasteiger partial charge in [0.1, 0.15) is 0 Å². The molecule has 21 heavy (non-hydrogen) atoms. The molecule has 0 aliphatic carbocycles. The maximum absolute atomic E-state index is 12.9. The van der Waals surface area contributed by atoms with Crippen LogP contribution < -0.4 is 11.1 Å². The first-order valence-electron chi connectivity index (χ1n) is 6.32. The highest BCUT2D eigenvalue weighted by Crippen LogP contribution is 2.33. The lowest BCUT2D eigenvalue weighted by molar-refractivity contribution is -0.142. The summed E-state index contributed by atoms with van der Waals surface area (Å²) in [4.78, 5) is 11.9. The highest BCUT2D eigenvalue weighted by molar-refractivity contribution is 5.94. The molecule has 0 spiro atoms. The van der Waals surface area contributed by atoms with E-state index in [0.717, 1.165) is 6.07 Å². The van der Waals surface area contributed by atoms with Crippen molar-refractivity contribution in [2.45, 2.75) is 18.8 Å². The van der Waals surface area contributed by atoms with Gasteiger partial charge in [-0.15, -0.1) is 0 Å². The number of halogens is 3. The van der Waals surface area contributed by atoms with Crippen LogP contribution in [0.5, 0.6) is 0 Å². The third-order valence-corrected chi connectivity index (χ3v) is 3.01. The molecule has 1 atom stereocenters. The molecule has 1 aliphatic rings. The molecule has 1 amide bonds. The summed E-state index contributed by atoms with van der Waals surface area (Å²) in [6, 6.07) is 3.49. The summed E-state index contributed by atoms with van der Waals surface area (Å²) in [7, 11) is 0. The van der Waals surface area contributed by atoms with Crippen LogP contribution in [0.3, 0.4) is 0 Å². The van der Waals surface area contributed by atoms with E-state index in [0.29, 0.717) is 6.61 Å². The van der Waals surface area contributed by atoms with Crippen molar-refractivity contribution in [3.63, 3.8) is 0 Å². The molecule has 1 aromatic carbocycles. The second-order valence-corrected chi connectivity index (χ2v) is 4.50. The third kappa shape index (κ3) is 3.93. The van der Waals surface area contributed by atoms with Crippen molar-refractivity contribution in [1.29, 1.82) is 0 Å². The van der Waals surface area contributed by atoms with Gasteiger partial charge in [-0.3, -0.25) is 4.79 Å². The molecule has 1 aliphatic heterocycles. The molecular formula is C13H15F3N2O3. The van der Waals surface area contributed by atoms with Crippen molar-refractivity contribution in [3.8, 4) is 0 Å². The molecule has 1 aromatic rings. The summed E-state index contributed by atoms with van der Waals surface area (Å²) in [6.45, 7) is 0.521. The normalized spacial score (nSPS) is 19.3. The number of nitrogens with two attached hydrogens (primary N) is 1. The largest absolute Gasteiger partial charge is 0.416 e. The fourth-order valence-corrected chi connectivity index (χ4v) is 1.96. The summed E-state index contributed by atoms with van der Waals surface area (Å²) in [6.07, 6.45) is -5.35.